The Morgan fingerprint density at radius 2 is 1.81 bits per heavy atom. The zero-order valence-electron chi connectivity index (χ0n) is 18.9. The summed E-state index contributed by atoms with van der Waals surface area (Å²) in [5.74, 6) is -0.765. The number of hydrogen-bond donors (Lipinski definition) is 0. The van der Waals surface area contributed by atoms with Gasteiger partial charge in [-0.05, 0) is 76.7 Å². The van der Waals surface area contributed by atoms with Crippen LogP contribution in [0.5, 0.6) is 0 Å². The van der Waals surface area contributed by atoms with Crippen LogP contribution in [0.4, 0.5) is 0 Å². The van der Waals surface area contributed by atoms with Gasteiger partial charge in [0.05, 0.1) is 11.3 Å². The van der Waals surface area contributed by atoms with Gasteiger partial charge in [-0.25, -0.2) is 14.7 Å². The highest BCUT2D eigenvalue weighted by atomic mass is 32.1. The van der Waals surface area contributed by atoms with Gasteiger partial charge in [0.25, 0.3) is 5.91 Å². The third-order valence-electron chi connectivity index (χ3n) is 5.12. The normalized spacial score (nSPS) is 15.7. The smallest absolute Gasteiger partial charge is 0.357 e. The first kappa shape index (κ1) is 23.1. The molecule has 9 heteroatoms. The van der Waals surface area contributed by atoms with Crippen LogP contribution in [0.2, 0.25) is 0 Å². The van der Waals surface area contributed by atoms with Crippen molar-refractivity contribution < 1.29 is 23.9 Å². The number of hydrogen-bond acceptors (Lipinski definition) is 8. The lowest BCUT2D eigenvalue weighted by atomic mass is 9.91. The second kappa shape index (κ2) is 8.86. The molecule has 1 aromatic carbocycles. The molecule has 0 radical (unpaired) electrons. The van der Waals surface area contributed by atoms with E-state index in [-0.39, 0.29) is 18.5 Å². The summed E-state index contributed by atoms with van der Waals surface area (Å²) in [6.45, 7) is 13.3. The van der Waals surface area contributed by atoms with Gasteiger partial charge in [-0.3, -0.25) is 4.79 Å². The van der Waals surface area contributed by atoms with Crippen LogP contribution in [0.3, 0.4) is 0 Å². The molecule has 166 valence electrons. The Kier molecular flexibility index (Phi) is 6.59. The second-order valence-corrected chi connectivity index (χ2v) is 8.71. The lowest BCUT2D eigenvalue weighted by molar-refractivity contribution is -0.242. The predicted octanol–water partition coefficient (Wildman–Crippen LogP) is 3.89. The highest BCUT2D eigenvalue weighted by Gasteiger charge is 2.50. The topological polar surface area (TPSA) is 90.8 Å². The van der Waals surface area contributed by atoms with Crippen LogP contribution in [0, 0.1) is 27.7 Å². The molecule has 1 aromatic heterocycles. The maximum atomic E-state index is 13.5. The number of aryl methyl sites for hydroxylation is 4. The van der Waals surface area contributed by atoms with Crippen LogP contribution in [-0.4, -0.2) is 45.5 Å². The SMILES string of the molecule is CCOCON1C(=O)C(c2c(C)cc(C)cc2C)=C(OC(=O)c2snnc2C)C1(C)C. The minimum Gasteiger partial charge on any atom is -0.423 e. The first-order valence-corrected chi connectivity index (χ1v) is 10.8. The third-order valence-corrected chi connectivity index (χ3v) is 5.92. The number of esters is 1. The summed E-state index contributed by atoms with van der Waals surface area (Å²) in [7, 11) is 0. The van der Waals surface area contributed by atoms with Crippen molar-refractivity contribution in [1.29, 1.82) is 0 Å². The zero-order chi connectivity index (χ0) is 22.9. The maximum absolute atomic E-state index is 13.5. The Morgan fingerprint density at radius 1 is 1.16 bits per heavy atom. The molecule has 0 saturated heterocycles. The molecule has 1 amide bonds. The average molecular weight is 446 g/mol. The summed E-state index contributed by atoms with van der Waals surface area (Å²) in [5, 5.41) is 5.10. The molecule has 2 heterocycles. The van der Waals surface area contributed by atoms with Crippen molar-refractivity contribution in [3.63, 3.8) is 0 Å². The van der Waals surface area contributed by atoms with Gasteiger partial charge >= 0.3 is 5.97 Å². The van der Waals surface area contributed by atoms with E-state index in [0.717, 1.165) is 33.8 Å². The van der Waals surface area contributed by atoms with Gasteiger partial charge in [-0.15, -0.1) is 5.10 Å². The molecule has 0 fully saturated rings. The highest BCUT2D eigenvalue weighted by molar-refractivity contribution is 7.07. The van der Waals surface area contributed by atoms with Gasteiger partial charge < -0.3 is 9.47 Å². The summed E-state index contributed by atoms with van der Waals surface area (Å²) in [6, 6.07) is 3.99. The van der Waals surface area contributed by atoms with Gasteiger partial charge in [0.2, 0.25) is 0 Å². The largest absolute Gasteiger partial charge is 0.423 e. The Labute approximate surface area is 185 Å². The quantitative estimate of drug-likeness (QED) is 0.363. The summed E-state index contributed by atoms with van der Waals surface area (Å²) in [5.41, 5.74) is 3.37. The first-order valence-electron chi connectivity index (χ1n) is 9.98. The fourth-order valence-electron chi connectivity index (χ4n) is 3.77. The van der Waals surface area contributed by atoms with E-state index in [0.29, 0.717) is 22.8 Å². The van der Waals surface area contributed by atoms with Crippen LogP contribution in [-0.2, 0) is 19.1 Å². The van der Waals surface area contributed by atoms with Crippen LogP contribution in [0.1, 0.15) is 58.4 Å². The molecule has 1 aliphatic rings. The first-order chi connectivity index (χ1) is 14.6. The number of nitrogens with zero attached hydrogens (tertiary/aromatic N) is 3. The molecule has 0 bridgehead atoms. The van der Waals surface area contributed by atoms with E-state index in [2.05, 4.69) is 9.59 Å². The average Bonchev–Trinajstić information content (AvgIpc) is 3.17. The molecule has 1 aliphatic heterocycles. The molecule has 0 saturated carbocycles. The van der Waals surface area contributed by atoms with E-state index in [4.69, 9.17) is 14.3 Å². The fraction of sp³-hybridized carbons (Fsp3) is 0.455. The molecule has 0 aliphatic carbocycles. The van der Waals surface area contributed by atoms with Crippen molar-refractivity contribution in [2.24, 2.45) is 0 Å². The molecule has 3 rings (SSSR count). The zero-order valence-corrected chi connectivity index (χ0v) is 19.7. The molecule has 31 heavy (non-hydrogen) atoms. The maximum Gasteiger partial charge on any atom is 0.357 e. The molecule has 8 nitrogen and oxygen atoms in total. The molecule has 2 aromatic rings. The predicted molar refractivity (Wildman–Crippen MR) is 116 cm³/mol. The monoisotopic (exact) mass is 445 g/mol. The number of rotatable bonds is 7. The van der Waals surface area contributed by atoms with Gasteiger partial charge in [0.1, 0.15) is 11.3 Å². The number of benzene rings is 1. The Bertz CT molecular complexity index is 1030. The molecule has 0 spiro atoms. The van der Waals surface area contributed by atoms with Gasteiger partial charge in [-0.1, -0.05) is 22.2 Å². The summed E-state index contributed by atoms with van der Waals surface area (Å²) in [4.78, 5) is 32.4. The van der Waals surface area contributed by atoms with Crippen molar-refractivity contribution in [3.05, 3.63) is 50.7 Å². The molecular formula is C22H27N3O5S. The lowest BCUT2D eigenvalue weighted by Gasteiger charge is -2.31. The van der Waals surface area contributed by atoms with E-state index < -0.39 is 11.5 Å². The fourth-order valence-corrected chi connectivity index (χ4v) is 4.31. The van der Waals surface area contributed by atoms with Crippen molar-refractivity contribution in [3.8, 4) is 0 Å². The van der Waals surface area contributed by atoms with Crippen LogP contribution >= 0.6 is 11.5 Å². The van der Waals surface area contributed by atoms with E-state index >= 15 is 0 Å². The number of hydroxylamine groups is 2. The van der Waals surface area contributed by atoms with E-state index in [1.807, 2.05) is 39.8 Å². The standard InChI is InChI=1S/C22H27N3O5S/c1-8-28-11-29-25-20(26)17(16-13(3)9-12(2)10-14(16)4)19(22(25,6)7)30-21(27)18-15(5)23-24-31-18/h9-10H,8,11H2,1-7H3. The molecular weight excluding hydrogens is 418 g/mol. The Morgan fingerprint density at radius 3 is 2.35 bits per heavy atom. The van der Waals surface area contributed by atoms with Crippen molar-refractivity contribution >= 4 is 29.0 Å². The van der Waals surface area contributed by atoms with Crippen molar-refractivity contribution in [1.82, 2.24) is 14.7 Å². The molecule has 0 atom stereocenters. The second-order valence-electron chi connectivity index (χ2n) is 7.95. The molecule has 0 unspecified atom stereocenters. The number of aromatic nitrogens is 2. The van der Waals surface area contributed by atoms with Gasteiger partial charge in [0, 0.05) is 6.61 Å². The van der Waals surface area contributed by atoms with Gasteiger partial charge in [-0.2, -0.15) is 0 Å². The van der Waals surface area contributed by atoms with E-state index in [1.54, 1.807) is 20.8 Å². The number of carbonyl (C=O) groups is 2. The van der Waals surface area contributed by atoms with E-state index in [1.165, 1.54) is 5.06 Å². The van der Waals surface area contributed by atoms with E-state index in [9.17, 15) is 9.59 Å². The van der Waals surface area contributed by atoms with Crippen molar-refractivity contribution in [2.45, 2.75) is 54.0 Å². The van der Waals surface area contributed by atoms with Gasteiger partial charge in [0.15, 0.2) is 11.7 Å². The van der Waals surface area contributed by atoms with Crippen LogP contribution < -0.4 is 0 Å². The number of amides is 1. The van der Waals surface area contributed by atoms with Crippen molar-refractivity contribution in [2.75, 3.05) is 13.4 Å². The lowest BCUT2D eigenvalue weighted by Crippen LogP contribution is -2.44. The summed E-state index contributed by atoms with van der Waals surface area (Å²) < 4.78 is 14.9. The molecule has 0 N–H and O–H groups in total. The minimum absolute atomic E-state index is 0.0933. The Hall–Kier alpha value is -2.62. The third kappa shape index (κ3) is 4.26. The number of carbonyl (C=O) groups excluding carboxylic acids is 2. The summed E-state index contributed by atoms with van der Waals surface area (Å²) >= 11 is 0.957. The highest BCUT2D eigenvalue weighted by Crippen LogP contribution is 2.43. The summed E-state index contributed by atoms with van der Waals surface area (Å²) in [6.07, 6.45) is 0. The number of ether oxygens (including phenoxy) is 2. The Balaban J connectivity index is 2.14. The minimum atomic E-state index is -1.05. The van der Waals surface area contributed by atoms with Crippen LogP contribution in [0.15, 0.2) is 17.9 Å². The van der Waals surface area contributed by atoms with Crippen LogP contribution in [0.25, 0.3) is 5.57 Å².